The highest BCUT2D eigenvalue weighted by atomic mass is 14.6. The normalized spacial score (nSPS) is 16.5. The molecule has 0 bridgehead atoms. The van der Waals surface area contributed by atoms with Crippen LogP contribution in [0.1, 0.15) is 52.3 Å². The molecule has 4 rings (SSSR count). The first-order chi connectivity index (χ1) is 9.81. The molecule has 0 aromatic heterocycles. The van der Waals surface area contributed by atoms with Crippen LogP contribution in [0.5, 0.6) is 0 Å². The number of aryl methyl sites for hydroxylation is 4. The van der Waals surface area contributed by atoms with Crippen LogP contribution in [0.4, 0.5) is 0 Å². The van der Waals surface area contributed by atoms with Gasteiger partial charge < -0.3 is 5.73 Å². The molecule has 2 aromatic carbocycles. The van der Waals surface area contributed by atoms with E-state index in [1.165, 1.54) is 71.9 Å². The van der Waals surface area contributed by atoms with Gasteiger partial charge in [0.05, 0.1) is 6.04 Å². The van der Waals surface area contributed by atoms with Gasteiger partial charge in [-0.3, -0.25) is 0 Å². The molecule has 2 aromatic rings. The van der Waals surface area contributed by atoms with Gasteiger partial charge >= 0.3 is 0 Å². The summed E-state index contributed by atoms with van der Waals surface area (Å²) in [6.07, 6.45) is 7.52. The average Bonchev–Trinajstić information content (AvgIpc) is 3.13. The van der Waals surface area contributed by atoms with Gasteiger partial charge in [-0.2, -0.15) is 0 Å². The fourth-order valence-electron chi connectivity index (χ4n) is 3.76. The van der Waals surface area contributed by atoms with Gasteiger partial charge in [-0.05, 0) is 71.9 Å². The van der Waals surface area contributed by atoms with Gasteiger partial charge in [-0.15, -0.1) is 0 Å². The van der Waals surface area contributed by atoms with Crippen molar-refractivity contribution < 1.29 is 0 Å². The molecule has 0 heterocycles. The maximum Gasteiger partial charge on any atom is 0.0551 e. The van der Waals surface area contributed by atoms with Crippen LogP contribution in [0.15, 0.2) is 36.4 Å². The first-order valence-electron chi connectivity index (χ1n) is 7.80. The van der Waals surface area contributed by atoms with E-state index in [-0.39, 0.29) is 6.04 Å². The molecule has 0 fully saturated rings. The Morgan fingerprint density at radius 1 is 0.650 bits per heavy atom. The zero-order valence-electron chi connectivity index (χ0n) is 11.9. The third kappa shape index (κ3) is 1.97. The van der Waals surface area contributed by atoms with Crippen molar-refractivity contribution in [1.29, 1.82) is 0 Å². The second-order valence-electron chi connectivity index (χ2n) is 6.24. The molecule has 0 saturated heterocycles. The van der Waals surface area contributed by atoms with E-state index >= 15 is 0 Å². The summed E-state index contributed by atoms with van der Waals surface area (Å²) in [5.41, 5.74) is 15.1. The number of nitrogens with two attached hydrogens (primary N) is 1. The predicted molar refractivity (Wildman–Crippen MR) is 83.0 cm³/mol. The van der Waals surface area contributed by atoms with Gasteiger partial charge in [0, 0.05) is 0 Å². The van der Waals surface area contributed by atoms with E-state index in [4.69, 9.17) is 5.73 Å². The van der Waals surface area contributed by atoms with Crippen molar-refractivity contribution in [2.45, 2.75) is 44.6 Å². The smallest absolute Gasteiger partial charge is 0.0551 e. The number of hydrogen-bond acceptors (Lipinski definition) is 1. The van der Waals surface area contributed by atoms with Gasteiger partial charge in [-0.25, -0.2) is 0 Å². The molecule has 2 aliphatic rings. The molecule has 2 N–H and O–H groups in total. The summed E-state index contributed by atoms with van der Waals surface area (Å²) in [5, 5.41) is 0. The lowest BCUT2D eigenvalue weighted by Crippen LogP contribution is -2.12. The Balaban J connectivity index is 1.68. The third-order valence-electron chi connectivity index (χ3n) is 4.96. The van der Waals surface area contributed by atoms with Crippen LogP contribution in [0.25, 0.3) is 0 Å². The summed E-state index contributed by atoms with van der Waals surface area (Å²) >= 11 is 0. The predicted octanol–water partition coefficient (Wildman–Crippen LogP) is 3.71. The SMILES string of the molecule is NC(c1ccc2c(c1)CCC2)c1ccc2c(c1)CCC2. The van der Waals surface area contributed by atoms with Crippen molar-refractivity contribution in [2.24, 2.45) is 5.73 Å². The van der Waals surface area contributed by atoms with Crippen LogP contribution < -0.4 is 5.73 Å². The Kier molecular flexibility index (Phi) is 2.89. The number of hydrogen-bond donors (Lipinski definition) is 1. The van der Waals surface area contributed by atoms with Gasteiger partial charge in [-0.1, -0.05) is 36.4 Å². The summed E-state index contributed by atoms with van der Waals surface area (Å²) in [6, 6.07) is 13.7. The van der Waals surface area contributed by atoms with Crippen LogP contribution in [0, 0.1) is 0 Å². The van der Waals surface area contributed by atoms with Crippen molar-refractivity contribution in [2.75, 3.05) is 0 Å². The Morgan fingerprint density at radius 3 is 1.60 bits per heavy atom. The van der Waals surface area contributed by atoms with E-state index in [1.54, 1.807) is 0 Å². The zero-order valence-corrected chi connectivity index (χ0v) is 11.9. The molecular formula is C19H21N. The first-order valence-corrected chi connectivity index (χ1v) is 7.80. The van der Waals surface area contributed by atoms with Gasteiger partial charge in [0.25, 0.3) is 0 Å². The molecule has 102 valence electrons. The first kappa shape index (κ1) is 12.2. The van der Waals surface area contributed by atoms with Crippen LogP contribution in [-0.2, 0) is 25.7 Å². The lowest BCUT2D eigenvalue weighted by molar-refractivity contribution is 0.863. The minimum absolute atomic E-state index is 0.0202. The summed E-state index contributed by atoms with van der Waals surface area (Å²) in [4.78, 5) is 0. The lowest BCUT2D eigenvalue weighted by atomic mass is 9.94. The highest BCUT2D eigenvalue weighted by Crippen LogP contribution is 2.30. The molecule has 20 heavy (non-hydrogen) atoms. The van der Waals surface area contributed by atoms with E-state index in [9.17, 15) is 0 Å². The molecule has 0 spiro atoms. The van der Waals surface area contributed by atoms with Gasteiger partial charge in [0.15, 0.2) is 0 Å². The molecule has 2 aliphatic carbocycles. The van der Waals surface area contributed by atoms with Crippen LogP contribution in [0.3, 0.4) is 0 Å². The van der Waals surface area contributed by atoms with Gasteiger partial charge in [0.2, 0.25) is 0 Å². The molecule has 0 saturated carbocycles. The summed E-state index contributed by atoms with van der Waals surface area (Å²) in [6.45, 7) is 0. The van der Waals surface area contributed by atoms with Crippen molar-refractivity contribution in [1.82, 2.24) is 0 Å². The highest BCUT2D eigenvalue weighted by Gasteiger charge is 2.17. The second kappa shape index (κ2) is 4.75. The highest BCUT2D eigenvalue weighted by molar-refractivity contribution is 5.43. The van der Waals surface area contributed by atoms with Crippen molar-refractivity contribution in [3.05, 3.63) is 69.8 Å². The number of rotatable bonds is 2. The van der Waals surface area contributed by atoms with E-state index in [2.05, 4.69) is 36.4 Å². The van der Waals surface area contributed by atoms with Crippen molar-refractivity contribution >= 4 is 0 Å². The lowest BCUT2D eigenvalue weighted by Gasteiger charge is -2.15. The Labute approximate surface area is 120 Å². The standard InChI is InChI=1S/C19H21N/c20-19(17-9-7-13-3-1-5-15(13)11-17)18-10-8-14-4-2-6-16(14)12-18/h7-12,19H,1-6,20H2. The summed E-state index contributed by atoms with van der Waals surface area (Å²) < 4.78 is 0. The maximum absolute atomic E-state index is 6.50. The fourth-order valence-corrected chi connectivity index (χ4v) is 3.76. The molecule has 0 unspecified atom stereocenters. The monoisotopic (exact) mass is 263 g/mol. The average molecular weight is 263 g/mol. The van der Waals surface area contributed by atoms with E-state index < -0.39 is 0 Å². The van der Waals surface area contributed by atoms with Gasteiger partial charge in [0.1, 0.15) is 0 Å². The van der Waals surface area contributed by atoms with Crippen LogP contribution in [0.2, 0.25) is 0 Å². The van der Waals surface area contributed by atoms with Crippen molar-refractivity contribution in [3.8, 4) is 0 Å². The third-order valence-corrected chi connectivity index (χ3v) is 4.96. The largest absolute Gasteiger partial charge is 0.320 e. The van der Waals surface area contributed by atoms with Crippen LogP contribution >= 0.6 is 0 Å². The molecule has 0 aliphatic heterocycles. The second-order valence-corrected chi connectivity index (χ2v) is 6.24. The molecule has 1 heteroatoms. The molecular weight excluding hydrogens is 242 g/mol. The molecule has 0 atom stereocenters. The van der Waals surface area contributed by atoms with E-state index in [1.807, 2.05) is 0 Å². The number of fused-ring (bicyclic) bond motifs is 2. The fraction of sp³-hybridized carbons (Fsp3) is 0.368. The van der Waals surface area contributed by atoms with E-state index in [0.29, 0.717) is 0 Å². The molecule has 1 nitrogen and oxygen atoms in total. The van der Waals surface area contributed by atoms with E-state index in [0.717, 1.165) is 0 Å². The Morgan fingerprint density at radius 2 is 1.10 bits per heavy atom. The number of benzene rings is 2. The topological polar surface area (TPSA) is 26.0 Å². The quantitative estimate of drug-likeness (QED) is 0.878. The minimum Gasteiger partial charge on any atom is -0.320 e. The maximum atomic E-state index is 6.50. The minimum atomic E-state index is 0.0202. The summed E-state index contributed by atoms with van der Waals surface area (Å²) in [5.74, 6) is 0. The Hall–Kier alpha value is -1.60. The van der Waals surface area contributed by atoms with Crippen molar-refractivity contribution in [3.63, 3.8) is 0 Å². The summed E-state index contributed by atoms with van der Waals surface area (Å²) in [7, 11) is 0. The zero-order chi connectivity index (χ0) is 13.5. The molecule has 0 amide bonds. The van der Waals surface area contributed by atoms with Crippen LogP contribution in [-0.4, -0.2) is 0 Å². The Bertz CT molecular complexity index is 599. The molecule has 0 radical (unpaired) electrons.